The summed E-state index contributed by atoms with van der Waals surface area (Å²) >= 11 is 0. The molecule has 0 aromatic carbocycles. The average molecular weight is 244 g/mol. The zero-order valence-corrected chi connectivity index (χ0v) is 11.6. The van der Waals surface area contributed by atoms with E-state index < -0.39 is 0 Å². The number of hydrogen-bond donors (Lipinski definition) is 3. The number of nitrogens with one attached hydrogen (secondary N) is 2. The Balaban J connectivity index is 3.76. The van der Waals surface area contributed by atoms with Gasteiger partial charge in [0.15, 0.2) is 0 Å². The fraction of sp³-hybridized carbons (Fsp3) is 0.917. The first-order valence-electron chi connectivity index (χ1n) is 6.36. The summed E-state index contributed by atoms with van der Waals surface area (Å²) in [7, 11) is 1.68. The number of aliphatic imine (C=N–C) groups is 1. The Morgan fingerprint density at radius 2 is 2.00 bits per heavy atom. The molecule has 0 aliphatic carbocycles. The molecule has 5 nitrogen and oxygen atoms in total. The number of nitrogens with two attached hydrogens (primary N) is 1. The summed E-state index contributed by atoms with van der Waals surface area (Å²) in [5.74, 6) is 6.80. The summed E-state index contributed by atoms with van der Waals surface area (Å²) in [6.07, 6.45) is 3.57. The Morgan fingerprint density at radius 3 is 2.53 bits per heavy atom. The highest BCUT2D eigenvalue weighted by Crippen LogP contribution is 2.05. The van der Waals surface area contributed by atoms with Crippen molar-refractivity contribution in [1.29, 1.82) is 0 Å². The minimum absolute atomic E-state index is 0.200. The Hall–Kier alpha value is -0.810. The van der Waals surface area contributed by atoms with Gasteiger partial charge in [0.05, 0.1) is 6.61 Å². The third-order valence-electron chi connectivity index (χ3n) is 2.40. The summed E-state index contributed by atoms with van der Waals surface area (Å²) in [6, 6.07) is 0.200. The SMILES string of the molecule is COCC(C)NC(=NCCCCC(C)C)NN. The van der Waals surface area contributed by atoms with E-state index in [4.69, 9.17) is 10.6 Å². The molecule has 0 radical (unpaired) electrons. The summed E-state index contributed by atoms with van der Waals surface area (Å²) in [4.78, 5) is 4.38. The van der Waals surface area contributed by atoms with Crippen LogP contribution in [0.3, 0.4) is 0 Å². The number of unbranched alkanes of at least 4 members (excludes halogenated alkanes) is 1. The van der Waals surface area contributed by atoms with Crippen molar-refractivity contribution in [2.45, 2.75) is 46.1 Å². The molecule has 0 aromatic heterocycles. The summed E-state index contributed by atoms with van der Waals surface area (Å²) in [6.45, 7) is 7.94. The van der Waals surface area contributed by atoms with Crippen LogP contribution in [0.4, 0.5) is 0 Å². The first-order valence-corrected chi connectivity index (χ1v) is 6.36. The number of hydrogen-bond acceptors (Lipinski definition) is 3. The van der Waals surface area contributed by atoms with Crippen molar-refractivity contribution in [2.75, 3.05) is 20.3 Å². The van der Waals surface area contributed by atoms with E-state index in [2.05, 4.69) is 29.6 Å². The van der Waals surface area contributed by atoms with Crippen LogP contribution in [-0.2, 0) is 4.74 Å². The Kier molecular flexibility index (Phi) is 9.86. The van der Waals surface area contributed by atoms with Crippen LogP contribution in [0.25, 0.3) is 0 Å². The Labute approximate surface area is 105 Å². The molecule has 1 atom stereocenters. The van der Waals surface area contributed by atoms with Crippen molar-refractivity contribution < 1.29 is 4.74 Å². The van der Waals surface area contributed by atoms with Crippen molar-refractivity contribution >= 4 is 5.96 Å². The van der Waals surface area contributed by atoms with Gasteiger partial charge in [0.25, 0.3) is 0 Å². The third-order valence-corrected chi connectivity index (χ3v) is 2.40. The molecule has 0 aromatic rings. The molecule has 0 rings (SSSR count). The van der Waals surface area contributed by atoms with E-state index in [0.717, 1.165) is 18.9 Å². The van der Waals surface area contributed by atoms with Crippen LogP contribution in [0.15, 0.2) is 4.99 Å². The van der Waals surface area contributed by atoms with E-state index in [-0.39, 0.29) is 6.04 Å². The van der Waals surface area contributed by atoms with Gasteiger partial charge in [-0.2, -0.15) is 0 Å². The van der Waals surface area contributed by atoms with Crippen molar-refractivity contribution in [2.24, 2.45) is 16.8 Å². The van der Waals surface area contributed by atoms with E-state index in [1.54, 1.807) is 7.11 Å². The number of guanidine groups is 1. The maximum absolute atomic E-state index is 5.40. The smallest absolute Gasteiger partial charge is 0.206 e. The molecule has 1 unspecified atom stereocenters. The van der Waals surface area contributed by atoms with Crippen molar-refractivity contribution in [1.82, 2.24) is 10.7 Å². The van der Waals surface area contributed by atoms with E-state index in [0.29, 0.717) is 12.6 Å². The lowest BCUT2D eigenvalue weighted by molar-refractivity contribution is 0.179. The first kappa shape index (κ1) is 16.2. The number of rotatable bonds is 8. The first-order chi connectivity index (χ1) is 8.10. The molecule has 0 heterocycles. The minimum Gasteiger partial charge on any atom is -0.383 e. The highest BCUT2D eigenvalue weighted by molar-refractivity contribution is 5.79. The van der Waals surface area contributed by atoms with Crippen LogP contribution >= 0.6 is 0 Å². The quantitative estimate of drug-likeness (QED) is 0.198. The molecule has 17 heavy (non-hydrogen) atoms. The lowest BCUT2D eigenvalue weighted by Crippen LogP contribution is -2.46. The normalized spacial score (nSPS) is 13.9. The lowest BCUT2D eigenvalue weighted by Gasteiger charge is -2.15. The van der Waals surface area contributed by atoms with E-state index >= 15 is 0 Å². The zero-order chi connectivity index (χ0) is 13.1. The predicted molar refractivity (Wildman–Crippen MR) is 72.8 cm³/mol. The Bertz CT molecular complexity index is 207. The summed E-state index contributed by atoms with van der Waals surface area (Å²) in [5, 5.41) is 3.16. The van der Waals surface area contributed by atoms with Gasteiger partial charge < -0.3 is 10.1 Å². The molecule has 0 fully saturated rings. The molecular formula is C12H28N4O. The molecule has 4 N–H and O–H groups in total. The second-order valence-corrected chi connectivity index (χ2v) is 4.77. The molecule has 0 spiro atoms. The van der Waals surface area contributed by atoms with Crippen molar-refractivity contribution in [3.05, 3.63) is 0 Å². The van der Waals surface area contributed by atoms with Crippen molar-refractivity contribution in [3.8, 4) is 0 Å². The molecule has 0 aliphatic rings. The van der Waals surface area contributed by atoms with Gasteiger partial charge in [-0.25, -0.2) is 5.84 Å². The zero-order valence-electron chi connectivity index (χ0n) is 11.6. The maximum Gasteiger partial charge on any atom is 0.206 e. The Morgan fingerprint density at radius 1 is 1.29 bits per heavy atom. The predicted octanol–water partition coefficient (Wildman–Crippen LogP) is 1.26. The number of hydrazine groups is 1. The van der Waals surface area contributed by atoms with E-state index in [1.807, 2.05) is 6.92 Å². The summed E-state index contributed by atoms with van der Waals surface area (Å²) in [5.41, 5.74) is 2.57. The molecular weight excluding hydrogens is 216 g/mol. The number of ether oxygens (including phenoxy) is 1. The third kappa shape index (κ3) is 10.1. The van der Waals surface area contributed by atoms with Crippen molar-refractivity contribution in [3.63, 3.8) is 0 Å². The maximum atomic E-state index is 5.40. The number of methoxy groups -OCH3 is 1. The van der Waals surface area contributed by atoms with Gasteiger partial charge in [0.2, 0.25) is 5.96 Å². The molecule has 0 saturated carbocycles. The van der Waals surface area contributed by atoms with Gasteiger partial charge in [-0.3, -0.25) is 10.4 Å². The van der Waals surface area contributed by atoms with Crippen LogP contribution in [0.5, 0.6) is 0 Å². The van der Waals surface area contributed by atoms with Crippen LogP contribution in [0.2, 0.25) is 0 Å². The second-order valence-electron chi connectivity index (χ2n) is 4.77. The monoisotopic (exact) mass is 244 g/mol. The van der Waals surface area contributed by atoms with E-state index in [1.165, 1.54) is 12.8 Å². The van der Waals surface area contributed by atoms with E-state index in [9.17, 15) is 0 Å². The van der Waals surface area contributed by atoms with Gasteiger partial charge in [0.1, 0.15) is 0 Å². The minimum atomic E-state index is 0.200. The van der Waals surface area contributed by atoms with Gasteiger partial charge in [-0.05, 0) is 19.3 Å². The van der Waals surface area contributed by atoms with Gasteiger partial charge >= 0.3 is 0 Å². The molecule has 0 aliphatic heterocycles. The molecule has 5 heteroatoms. The van der Waals surface area contributed by atoms with Crippen LogP contribution in [-0.4, -0.2) is 32.3 Å². The fourth-order valence-corrected chi connectivity index (χ4v) is 1.51. The topological polar surface area (TPSA) is 71.7 Å². The largest absolute Gasteiger partial charge is 0.383 e. The van der Waals surface area contributed by atoms with Crippen LogP contribution < -0.4 is 16.6 Å². The van der Waals surface area contributed by atoms with Gasteiger partial charge in [-0.15, -0.1) is 0 Å². The second kappa shape index (κ2) is 10.4. The standard InChI is InChI=1S/C12H28N4O/c1-10(2)7-5-6-8-14-12(16-13)15-11(3)9-17-4/h10-11H,5-9,13H2,1-4H3,(H2,14,15,16). The number of nitrogens with zero attached hydrogens (tertiary/aromatic N) is 1. The fourth-order valence-electron chi connectivity index (χ4n) is 1.51. The molecule has 0 amide bonds. The highest BCUT2D eigenvalue weighted by Gasteiger charge is 2.03. The molecule has 0 bridgehead atoms. The van der Waals surface area contributed by atoms with Crippen LogP contribution in [0.1, 0.15) is 40.0 Å². The van der Waals surface area contributed by atoms with Gasteiger partial charge in [-0.1, -0.05) is 26.7 Å². The van der Waals surface area contributed by atoms with Gasteiger partial charge in [0, 0.05) is 19.7 Å². The summed E-state index contributed by atoms with van der Waals surface area (Å²) < 4.78 is 5.03. The van der Waals surface area contributed by atoms with Crippen LogP contribution in [0, 0.1) is 5.92 Å². The average Bonchev–Trinajstić information content (AvgIpc) is 2.27. The highest BCUT2D eigenvalue weighted by atomic mass is 16.5. The molecule has 0 saturated heterocycles. The lowest BCUT2D eigenvalue weighted by atomic mass is 10.1. The molecule has 102 valence electrons.